The van der Waals surface area contributed by atoms with E-state index in [4.69, 9.17) is 0 Å². The smallest absolute Gasteiger partial charge is 0.239 e. The van der Waals surface area contributed by atoms with Crippen LogP contribution in [0.4, 0.5) is 0 Å². The summed E-state index contributed by atoms with van der Waals surface area (Å²) in [6.45, 7) is 1.54. The number of carbonyl (C=O) groups excluding carboxylic acids is 2. The van der Waals surface area contributed by atoms with Gasteiger partial charge in [0.25, 0.3) is 0 Å². The first-order valence-electron chi connectivity index (χ1n) is 4.80. The van der Waals surface area contributed by atoms with Crippen molar-refractivity contribution in [2.75, 3.05) is 19.6 Å². The van der Waals surface area contributed by atoms with Gasteiger partial charge >= 0.3 is 0 Å². The lowest BCUT2D eigenvalue weighted by atomic mass is 10.2. The van der Waals surface area contributed by atoms with Gasteiger partial charge in [-0.2, -0.15) is 0 Å². The molecule has 4 nitrogen and oxygen atoms in total. The molecule has 72 valence electrons. The van der Waals surface area contributed by atoms with Crippen molar-refractivity contribution in [3.8, 4) is 0 Å². The summed E-state index contributed by atoms with van der Waals surface area (Å²) in [5.41, 5.74) is 0. The summed E-state index contributed by atoms with van der Waals surface area (Å²) < 4.78 is 0. The van der Waals surface area contributed by atoms with Gasteiger partial charge in [0.1, 0.15) is 0 Å². The topological polar surface area (TPSA) is 49.4 Å². The molecule has 0 bridgehead atoms. The van der Waals surface area contributed by atoms with Crippen LogP contribution < -0.4 is 5.32 Å². The Morgan fingerprint density at radius 3 is 2.92 bits per heavy atom. The zero-order valence-corrected chi connectivity index (χ0v) is 7.58. The van der Waals surface area contributed by atoms with Crippen molar-refractivity contribution in [2.24, 2.45) is 5.92 Å². The van der Waals surface area contributed by atoms with Crippen LogP contribution in [0.5, 0.6) is 0 Å². The van der Waals surface area contributed by atoms with E-state index in [2.05, 4.69) is 5.32 Å². The fourth-order valence-corrected chi connectivity index (χ4v) is 1.55. The highest BCUT2D eigenvalue weighted by Gasteiger charge is 2.28. The molecule has 0 radical (unpaired) electrons. The molecule has 0 aromatic rings. The number of carbonyl (C=O) groups is 2. The van der Waals surface area contributed by atoms with Crippen LogP contribution in [-0.4, -0.2) is 36.3 Å². The van der Waals surface area contributed by atoms with Gasteiger partial charge in [-0.25, -0.2) is 0 Å². The lowest BCUT2D eigenvalue weighted by Crippen LogP contribution is -2.50. The third-order valence-corrected chi connectivity index (χ3v) is 2.55. The first-order chi connectivity index (χ1) is 6.25. The standard InChI is InChI=1S/C9H14N2O2/c12-8-6-11(4-3-10-8)9(13)5-7-1-2-7/h7H,1-6H2,(H,10,12). The Labute approximate surface area is 77.3 Å². The van der Waals surface area contributed by atoms with Crippen molar-refractivity contribution in [1.29, 1.82) is 0 Å². The Kier molecular flexibility index (Phi) is 2.20. The average Bonchev–Trinajstić information content (AvgIpc) is 2.88. The first-order valence-corrected chi connectivity index (χ1v) is 4.80. The fraction of sp³-hybridized carbons (Fsp3) is 0.778. The van der Waals surface area contributed by atoms with Crippen LogP contribution in [0.25, 0.3) is 0 Å². The quantitative estimate of drug-likeness (QED) is 0.640. The predicted molar refractivity (Wildman–Crippen MR) is 46.9 cm³/mol. The number of nitrogens with one attached hydrogen (secondary N) is 1. The van der Waals surface area contributed by atoms with E-state index in [1.165, 1.54) is 12.8 Å². The molecule has 0 atom stereocenters. The van der Waals surface area contributed by atoms with Gasteiger partial charge in [0.2, 0.25) is 11.8 Å². The number of rotatable bonds is 2. The molecule has 0 aromatic heterocycles. The molecule has 1 aliphatic heterocycles. The molecule has 2 aliphatic rings. The van der Waals surface area contributed by atoms with Crippen molar-refractivity contribution < 1.29 is 9.59 Å². The van der Waals surface area contributed by atoms with Gasteiger partial charge in [-0.05, 0) is 18.8 Å². The minimum absolute atomic E-state index is 0.0320. The lowest BCUT2D eigenvalue weighted by molar-refractivity contribution is -0.138. The summed E-state index contributed by atoms with van der Waals surface area (Å²) in [6, 6.07) is 0. The van der Waals surface area contributed by atoms with E-state index in [-0.39, 0.29) is 18.4 Å². The zero-order valence-electron chi connectivity index (χ0n) is 7.58. The molecule has 2 rings (SSSR count). The second-order valence-corrected chi connectivity index (χ2v) is 3.81. The van der Waals surface area contributed by atoms with Crippen LogP contribution in [0.2, 0.25) is 0 Å². The molecule has 1 saturated heterocycles. The normalized spacial score (nSPS) is 22.8. The molecule has 1 aliphatic carbocycles. The Bertz CT molecular complexity index is 236. The van der Waals surface area contributed by atoms with Crippen LogP contribution in [-0.2, 0) is 9.59 Å². The highest BCUT2D eigenvalue weighted by molar-refractivity contribution is 5.86. The summed E-state index contributed by atoms with van der Waals surface area (Å²) in [7, 11) is 0. The number of amides is 2. The molecular weight excluding hydrogens is 168 g/mol. The second kappa shape index (κ2) is 3.36. The highest BCUT2D eigenvalue weighted by atomic mass is 16.2. The summed E-state index contributed by atoms with van der Waals surface area (Å²) in [5.74, 6) is 0.727. The predicted octanol–water partition coefficient (Wildman–Crippen LogP) is -0.255. The largest absolute Gasteiger partial charge is 0.353 e. The van der Waals surface area contributed by atoms with Crippen LogP contribution in [0.1, 0.15) is 19.3 Å². The maximum atomic E-state index is 11.5. The lowest BCUT2D eigenvalue weighted by Gasteiger charge is -2.26. The molecule has 2 fully saturated rings. The number of piperazine rings is 1. The van der Waals surface area contributed by atoms with E-state index in [0.29, 0.717) is 25.4 Å². The van der Waals surface area contributed by atoms with Gasteiger partial charge in [0.05, 0.1) is 6.54 Å². The van der Waals surface area contributed by atoms with Crippen LogP contribution in [0.15, 0.2) is 0 Å². The minimum atomic E-state index is -0.0320. The van der Waals surface area contributed by atoms with Crippen molar-refractivity contribution in [3.63, 3.8) is 0 Å². The summed E-state index contributed by atoms with van der Waals surface area (Å²) in [6.07, 6.45) is 3.02. The van der Waals surface area contributed by atoms with Gasteiger partial charge in [-0.3, -0.25) is 9.59 Å². The maximum Gasteiger partial charge on any atom is 0.239 e. The van der Waals surface area contributed by atoms with Crippen molar-refractivity contribution >= 4 is 11.8 Å². The van der Waals surface area contributed by atoms with E-state index < -0.39 is 0 Å². The molecule has 4 heteroatoms. The third-order valence-electron chi connectivity index (χ3n) is 2.55. The van der Waals surface area contributed by atoms with Gasteiger partial charge in [0, 0.05) is 19.5 Å². The Morgan fingerprint density at radius 2 is 2.31 bits per heavy atom. The molecule has 0 aromatic carbocycles. The molecule has 0 unspecified atom stereocenters. The monoisotopic (exact) mass is 182 g/mol. The van der Waals surface area contributed by atoms with Crippen molar-refractivity contribution in [3.05, 3.63) is 0 Å². The van der Waals surface area contributed by atoms with E-state index in [1.807, 2.05) is 0 Å². The van der Waals surface area contributed by atoms with Gasteiger partial charge < -0.3 is 10.2 Å². The van der Waals surface area contributed by atoms with E-state index in [0.717, 1.165) is 0 Å². The Hall–Kier alpha value is -1.06. The summed E-state index contributed by atoms with van der Waals surface area (Å²) >= 11 is 0. The van der Waals surface area contributed by atoms with E-state index in [1.54, 1.807) is 4.90 Å². The Balaban J connectivity index is 1.83. The van der Waals surface area contributed by atoms with Gasteiger partial charge in [0.15, 0.2) is 0 Å². The molecule has 1 saturated carbocycles. The molecule has 1 N–H and O–H groups in total. The highest BCUT2D eigenvalue weighted by Crippen LogP contribution is 2.32. The number of hydrogen-bond acceptors (Lipinski definition) is 2. The van der Waals surface area contributed by atoms with Gasteiger partial charge in [-0.15, -0.1) is 0 Å². The minimum Gasteiger partial charge on any atom is -0.353 e. The average molecular weight is 182 g/mol. The maximum absolute atomic E-state index is 11.5. The molecule has 13 heavy (non-hydrogen) atoms. The molecule has 0 spiro atoms. The Morgan fingerprint density at radius 1 is 1.54 bits per heavy atom. The number of nitrogens with zero attached hydrogens (tertiary/aromatic N) is 1. The van der Waals surface area contributed by atoms with Crippen molar-refractivity contribution in [2.45, 2.75) is 19.3 Å². The van der Waals surface area contributed by atoms with Crippen LogP contribution in [0, 0.1) is 5.92 Å². The first kappa shape index (κ1) is 8.53. The second-order valence-electron chi connectivity index (χ2n) is 3.81. The van der Waals surface area contributed by atoms with Crippen LogP contribution in [0.3, 0.4) is 0 Å². The molecular formula is C9H14N2O2. The fourth-order valence-electron chi connectivity index (χ4n) is 1.55. The molecule has 1 heterocycles. The van der Waals surface area contributed by atoms with E-state index >= 15 is 0 Å². The summed E-state index contributed by atoms with van der Waals surface area (Å²) in [5, 5.41) is 2.70. The zero-order chi connectivity index (χ0) is 9.26. The SMILES string of the molecule is O=C1CN(C(=O)CC2CC2)CCN1. The van der Waals surface area contributed by atoms with Crippen molar-refractivity contribution in [1.82, 2.24) is 10.2 Å². The van der Waals surface area contributed by atoms with Gasteiger partial charge in [-0.1, -0.05) is 0 Å². The summed E-state index contributed by atoms with van der Waals surface area (Å²) in [4.78, 5) is 24.2. The third kappa shape index (κ3) is 2.20. The number of hydrogen-bond donors (Lipinski definition) is 1. The van der Waals surface area contributed by atoms with E-state index in [9.17, 15) is 9.59 Å². The van der Waals surface area contributed by atoms with Crippen LogP contribution >= 0.6 is 0 Å². The molecule has 2 amide bonds.